The van der Waals surface area contributed by atoms with Crippen LogP contribution in [0.1, 0.15) is 69.8 Å². The van der Waals surface area contributed by atoms with E-state index < -0.39 is 0 Å². The number of anilines is 1. The van der Waals surface area contributed by atoms with Crippen LogP contribution in [0.15, 0.2) is 53.1 Å². The van der Waals surface area contributed by atoms with E-state index in [-0.39, 0.29) is 17.9 Å². The summed E-state index contributed by atoms with van der Waals surface area (Å²) < 4.78 is 8.43. The number of halogens is 1. The van der Waals surface area contributed by atoms with Gasteiger partial charge in [0.1, 0.15) is 0 Å². The first kappa shape index (κ1) is 29.7. The van der Waals surface area contributed by atoms with Crippen LogP contribution in [-0.4, -0.2) is 45.8 Å². The fourth-order valence-corrected chi connectivity index (χ4v) is 5.79. The van der Waals surface area contributed by atoms with E-state index in [0.717, 1.165) is 76.2 Å². The van der Waals surface area contributed by atoms with Crippen molar-refractivity contribution in [2.75, 3.05) is 18.5 Å². The Morgan fingerprint density at radius 2 is 1.74 bits per heavy atom. The average molecular weight is 634 g/mol. The third kappa shape index (κ3) is 6.82. The number of nitrogens with one attached hydrogen (secondary N) is 3. The van der Waals surface area contributed by atoms with Crippen molar-refractivity contribution in [3.05, 3.63) is 86.6 Å². The molecule has 0 atom stereocenters. The van der Waals surface area contributed by atoms with Crippen LogP contribution in [0, 0.1) is 6.92 Å². The number of carbonyl (C=O) groups excluding carboxylic acids is 2. The Bertz CT molecular complexity index is 1590. The van der Waals surface area contributed by atoms with Crippen LogP contribution in [-0.2, 0) is 30.8 Å². The molecule has 1 saturated heterocycles. The van der Waals surface area contributed by atoms with Gasteiger partial charge in [0.15, 0.2) is 5.65 Å². The number of hydrogen-bond acceptors (Lipinski definition) is 6. The molecule has 2 aromatic carbocycles. The highest BCUT2D eigenvalue weighted by Gasteiger charge is 2.22. The highest BCUT2D eigenvalue weighted by Crippen LogP contribution is 2.31. The van der Waals surface area contributed by atoms with E-state index >= 15 is 0 Å². The highest BCUT2D eigenvalue weighted by molar-refractivity contribution is 9.10. The number of nitrogens with zero attached hydrogens (tertiary/aromatic N) is 3. The predicted octanol–water partition coefficient (Wildman–Crippen LogP) is 5.54. The lowest BCUT2D eigenvalue weighted by Gasteiger charge is -2.26. The van der Waals surface area contributed by atoms with Crippen LogP contribution in [0.4, 0.5) is 5.69 Å². The quantitative estimate of drug-likeness (QED) is 0.212. The minimum atomic E-state index is -0.247. The van der Waals surface area contributed by atoms with Crippen molar-refractivity contribution < 1.29 is 14.3 Å². The molecule has 3 N–H and O–H groups in total. The zero-order chi connectivity index (χ0) is 29.6. The second kappa shape index (κ2) is 13.5. The molecule has 2 aromatic heterocycles. The molecule has 9 nitrogen and oxygen atoms in total. The number of aromatic nitrogens is 3. The molecule has 2 amide bonds. The van der Waals surface area contributed by atoms with E-state index in [0.29, 0.717) is 30.6 Å². The molecule has 1 fully saturated rings. The van der Waals surface area contributed by atoms with Gasteiger partial charge in [0.2, 0.25) is 0 Å². The summed E-state index contributed by atoms with van der Waals surface area (Å²) in [6.07, 6.45) is 4.40. The smallest absolute Gasteiger partial charge is 0.251 e. The second-order valence-corrected chi connectivity index (χ2v) is 11.5. The molecular weight excluding hydrogens is 596 g/mol. The third-order valence-corrected chi connectivity index (χ3v) is 8.04. The van der Waals surface area contributed by atoms with Gasteiger partial charge in [-0.3, -0.25) is 9.59 Å². The van der Waals surface area contributed by atoms with Gasteiger partial charge < -0.3 is 20.7 Å². The predicted molar refractivity (Wildman–Crippen MR) is 168 cm³/mol. The second-order valence-electron chi connectivity index (χ2n) is 10.6. The van der Waals surface area contributed by atoms with Gasteiger partial charge in [0, 0.05) is 65.7 Å². The van der Waals surface area contributed by atoms with Crippen LogP contribution in [0.2, 0.25) is 0 Å². The van der Waals surface area contributed by atoms with Gasteiger partial charge in [-0.05, 0) is 74.6 Å². The standard InChI is InChI=1S/C32H37BrN6O3/c1-4-28-26(29(37-25-9-11-42-12-10-25)27-19-36-39(5-2)30(27)38-28)18-35-32(41)23-14-20(3)13-22(16-23)31(40)34-17-21-7-6-8-24(33)15-21/h6-8,13-16,19,25H,4-5,9-12,17-18H2,1-3H3,(H,34,40)(H,35,41)(H,37,38). The van der Waals surface area contributed by atoms with Crippen molar-refractivity contribution in [1.29, 1.82) is 0 Å². The summed E-state index contributed by atoms with van der Waals surface area (Å²) >= 11 is 3.46. The topological polar surface area (TPSA) is 110 Å². The first-order valence-corrected chi connectivity index (χ1v) is 15.3. The molecule has 5 rings (SSSR count). The maximum Gasteiger partial charge on any atom is 0.251 e. The summed E-state index contributed by atoms with van der Waals surface area (Å²) in [6, 6.07) is 13.3. The van der Waals surface area contributed by atoms with Gasteiger partial charge in [-0.2, -0.15) is 5.10 Å². The largest absolute Gasteiger partial charge is 0.381 e. The molecule has 42 heavy (non-hydrogen) atoms. The molecule has 220 valence electrons. The van der Waals surface area contributed by atoms with Crippen LogP contribution in [0.5, 0.6) is 0 Å². The van der Waals surface area contributed by atoms with Crippen LogP contribution in [0.3, 0.4) is 0 Å². The number of carbonyl (C=O) groups is 2. The summed E-state index contributed by atoms with van der Waals surface area (Å²) in [5, 5.41) is 15.3. The number of aryl methyl sites for hydroxylation is 3. The van der Waals surface area contributed by atoms with E-state index in [1.807, 2.05) is 42.1 Å². The molecule has 1 aliphatic rings. The van der Waals surface area contributed by atoms with Crippen molar-refractivity contribution >= 4 is 44.5 Å². The zero-order valence-electron chi connectivity index (χ0n) is 24.3. The summed E-state index contributed by atoms with van der Waals surface area (Å²) in [5.41, 5.74) is 6.40. The lowest BCUT2D eigenvalue weighted by Crippen LogP contribution is -2.30. The normalized spacial score (nSPS) is 13.7. The van der Waals surface area contributed by atoms with E-state index in [2.05, 4.69) is 50.8 Å². The Labute approximate surface area is 254 Å². The van der Waals surface area contributed by atoms with Crippen molar-refractivity contribution in [3.8, 4) is 0 Å². The summed E-state index contributed by atoms with van der Waals surface area (Å²) in [6.45, 7) is 8.86. The molecule has 0 aliphatic carbocycles. The summed E-state index contributed by atoms with van der Waals surface area (Å²) in [5.74, 6) is -0.477. The van der Waals surface area contributed by atoms with Crippen molar-refractivity contribution in [1.82, 2.24) is 25.4 Å². The fourth-order valence-electron chi connectivity index (χ4n) is 5.35. The molecule has 0 saturated carbocycles. The number of fused-ring (bicyclic) bond motifs is 1. The number of benzene rings is 2. The molecule has 10 heteroatoms. The Balaban J connectivity index is 1.37. The monoisotopic (exact) mass is 632 g/mol. The maximum absolute atomic E-state index is 13.5. The molecule has 0 unspecified atom stereocenters. The number of ether oxygens (including phenoxy) is 1. The van der Waals surface area contributed by atoms with E-state index in [9.17, 15) is 9.59 Å². The highest BCUT2D eigenvalue weighted by atomic mass is 79.9. The lowest BCUT2D eigenvalue weighted by molar-refractivity contribution is 0.0904. The molecule has 0 bridgehead atoms. The SMILES string of the molecule is CCc1nc2c(cnn2CC)c(NC2CCOCC2)c1CNC(=O)c1cc(C)cc(C(=O)NCc2cccc(Br)c2)c1. The lowest BCUT2D eigenvalue weighted by atomic mass is 10.0. The third-order valence-electron chi connectivity index (χ3n) is 7.55. The van der Waals surface area contributed by atoms with Gasteiger partial charge in [-0.1, -0.05) is 35.0 Å². The van der Waals surface area contributed by atoms with Gasteiger partial charge in [0.05, 0.1) is 17.3 Å². The summed E-state index contributed by atoms with van der Waals surface area (Å²) in [7, 11) is 0. The van der Waals surface area contributed by atoms with Crippen LogP contribution in [0.25, 0.3) is 11.0 Å². The van der Waals surface area contributed by atoms with E-state index in [4.69, 9.17) is 9.72 Å². The van der Waals surface area contributed by atoms with Crippen molar-refractivity contribution in [3.63, 3.8) is 0 Å². The first-order valence-electron chi connectivity index (χ1n) is 14.5. The van der Waals surface area contributed by atoms with Gasteiger partial charge >= 0.3 is 0 Å². The van der Waals surface area contributed by atoms with Crippen LogP contribution < -0.4 is 16.0 Å². The van der Waals surface area contributed by atoms with Crippen molar-refractivity contribution in [2.24, 2.45) is 0 Å². The Morgan fingerprint density at radius 1 is 1.02 bits per heavy atom. The Morgan fingerprint density at radius 3 is 2.40 bits per heavy atom. The van der Waals surface area contributed by atoms with Crippen molar-refractivity contribution in [2.45, 2.75) is 65.7 Å². The molecule has 3 heterocycles. The van der Waals surface area contributed by atoms with Crippen LogP contribution >= 0.6 is 15.9 Å². The Hall–Kier alpha value is -3.76. The summed E-state index contributed by atoms with van der Waals surface area (Å²) in [4.78, 5) is 31.4. The average Bonchev–Trinajstić information content (AvgIpc) is 3.42. The number of hydrogen-bond donors (Lipinski definition) is 3. The first-order chi connectivity index (χ1) is 20.4. The maximum atomic E-state index is 13.5. The number of pyridine rings is 1. The minimum Gasteiger partial charge on any atom is -0.381 e. The molecular formula is C32H37BrN6O3. The molecule has 1 aliphatic heterocycles. The van der Waals surface area contributed by atoms with Gasteiger partial charge in [0.25, 0.3) is 11.8 Å². The van der Waals surface area contributed by atoms with Gasteiger partial charge in [-0.15, -0.1) is 0 Å². The zero-order valence-corrected chi connectivity index (χ0v) is 25.9. The van der Waals surface area contributed by atoms with Gasteiger partial charge in [-0.25, -0.2) is 9.67 Å². The molecule has 0 spiro atoms. The number of rotatable bonds is 10. The molecule has 0 radical (unpaired) electrons. The fraction of sp³-hybridized carbons (Fsp3) is 0.375. The van der Waals surface area contributed by atoms with E-state index in [1.165, 1.54) is 0 Å². The number of amides is 2. The Kier molecular flexibility index (Phi) is 9.54. The molecule has 4 aromatic rings. The minimum absolute atomic E-state index is 0.230. The van der Waals surface area contributed by atoms with E-state index in [1.54, 1.807) is 18.2 Å².